The van der Waals surface area contributed by atoms with Crippen LogP contribution in [0.5, 0.6) is 0 Å². The molecular formula is C15H19N5O3S. The summed E-state index contributed by atoms with van der Waals surface area (Å²) in [5.74, 6) is 0.285. The van der Waals surface area contributed by atoms with E-state index in [2.05, 4.69) is 10.1 Å². The Morgan fingerprint density at radius 2 is 2.21 bits per heavy atom. The Morgan fingerprint density at radius 3 is 2.88 bits per heavy atom. The van der Waals surface area contributed by atoms with Crippen molar-refractivity contribution < 1.29 is 13.2 Å². The highest BCUT2D eigenvalue weighted by Crippen LogP contribution is 2.21. The number of pyridine rings is 1. The van der Waals surface area contributed by atoms with E-state index >= 15 is 0 Å². The molecule has 1 amide bonds. The first kappa shape index (κ1) is 16.6. The lowest BCUT2D eigenvalue weighted by molar-refractivity contribution is 0.0787. The number of likely N-dealkylation sites (tertiary alicyclic amines) is 1. The van der Waals surface area contributed by atoms with Gasteiger partial charge in [-0.1, -0.05) is 6.07 Å². The zero-order valence-electron chi connectivity index (χ0n) is 13.3. The minimum atomic E-state index is -3.52. The molecule has 0 unspecified atom stereocenters. The maximum Gasteiger partial charge on any atom is 0.257 e. The number of carbonyl (C=O) groups is 1. The minimum Gasteiger partial charge on any atom is -0.338 e. The van der Waals surface area contributed by atoms with E-state index in [0.29, 0.717) is 36.6 Å². The summed E-state index contributed by atoms with van der Waals surface area (Å²) in [6.07, 6.45) is 3.82. The van der Waals surface area contributed by atoms with E-state index in [4.69, 9.17) is 5.14 Å². The summed E-state index contributed by atoms with van der Waals surface area (Å²) in [6.45, 7) is 2.73. The Bertz CT molecular complexity index is 847. The van der Waals surface area contributed by atoms with Crippen molar-refractivity contribution in [1.82, 2.24) is 19.7 Å². The first-order chi connectivity index (χ1) is 11.3. The zero-order chi connectivity index (χ0) is 17.3. The molecule has 8 nitrogen and oxygen atoms in total. The molecule has 24 heavy (non-hydrogen) atoms. The van der Waals surface area contributed by atoms with Crippen molar-refractivity contribution >= 4 is 15.9 Å². The van der Waals surface area contributed by atoms with Crippen LogP contribution in [0.15, 0.2) is 30.6 Å². The van der Waals surface area contributed by atoms with Gasteiger partial charge in [0.05, 0.1) is 23.2 Å². The third-order valence-electron chi connectivity index (χ3n) is 4.15. The first-order valence-corrected chi connectivity index (χ1v) is 9.32. The van der Waals surface area contributed by atoms with E-state index in [0.717, 1.165) is 0 Å². The first-order valence-electron chi connectivity index (χ1n) is 7.61. The molecule has 1 aliphatic rings. The van der Waals surface area contributed by atoms with Crippen molar-refractivity contribution in [1.29, 1.82) is 0 Å². The van der Waals surface area contributed by atoms with Crippen molar-refractivity contribution in [3.8, 4) is 5.82 Å². The van der Waals surface area contributed by atoms with Gasteiger partial charge in [0, 0.05) is 19.3 Å². The number of hydrogen-bond acceptors (Lipinski definition) is 5. The monoisotopic (exact) mass is 349 g/mol. The lowest BCUT2D eigenvalue weighted by atomic mass is 10.2. The Balaban J connectivity index is 1.76. The Morgan fingerprint density at radius 1 is 1.42 bits per heavy atom. The summed E-state index contributed by atoms with van der Waals surface area (Å²) in [5, 5.41) is 9.34. The lowest BCUT2D eigenvalue weighted by Crippen LogP contribution is -2.31. The number of sulfonamides is 1. The number of rotatable bonds is 4. The van der Waals surface area contributed by atoms with Crippen LogP contribution in [-0.2, 0) is 10.0 Å². The summed E-state index contributed by atoms with van der Waals surface area (Å²) in [4.78, 5) is 18.6. The van der Waals surface area contributed by atoms with Gasteiger partial charge >= 0.3 is 0 Å². The predicted octanol–water partition coefficient (Wildman–Crippen LogP) is 0.326. The second kappa shape index (κ2) is 6.33. The number of carbonyl (C=O) groups excluding carboxylic acids is 1. The standard InChI is InChI=1S/C15H19N5O3S/c1-11-13(8-18-20(11)14-4-2-3-6-17-14)15(21)19-7-5-12(9-19)10-24(16,22)23/h2-4,6,8,12H,5,7,9-10H2,1H3,(H2,16,22,23)/t12-/m1/s1. The minimum absolute atomic E-state index is 0.0943. The molecule has 1 fully saturated rings. The van der Waals surface area contributed by atoms with Gasteiger partial charge in [0.15, 0.2) is 5.82 Å². The van der Waals surface area contributed by atoms with Crippen LogP contribution < -0.4 is 5.14 Å². The van der Waals surface area contributed by atoms with Crippen molar-refractivity contribution in [2.75, 3.05) is 18.8 Å². The number of amides is 1. The fourth-order valence-electron chi connectivity index (χ4n) is 2.98. The van der Waals surface area contributed by atoms with Crippen LogP contribution in [-0.4, -0.2) is 52.8 Å². The molecule has 1 saturated heterocycles. The van der Waals surface area contributed by atoms with Gasteiger partial charge < -0.3 is 4.90 Å². The van der Waals surface area contributed by atoms with Crippen molar-refractivity contribution in [3.05, 3.63) is 41.9 Å². The highest BCUT2D eigenvalue weighted by molar-refractivity contribution is 7.89. The van der Waals surface area contributed by atoms with Gasteiger partial charge in [-0.3, -0.25) is 4.79 Å². The Labute approximate surface area is 140 Å². The van der Waals surface area contributed by atoms with E-state index < -0.39 is 10.0 Å². The van der Waals surface area contributed by atoms with Crippen LogP contribution in [0.1, 0.15) is 22.5 Å². The summed E-state index contributed by atoms with van der Waals surface area (Å²) in [5.41, 5.74) is 1.20. The van der Waals surface area contributed by atoms with Gasteiger partial charge in [-0.05, 0) is 31.4 Å². The maximum atomic E-state index is 12.7. The van der Waals surface area contributed by atoms with Crippen LogP contribution in [0, 0.1) is 12.8 Å². The molecule has 128 valence electrons. The fraction of sp³-hybridized carbons (Fsp3) is 0.400. The van der Waals surface area contributed by atoms with E-state index in [1.54, 1.807) is 15.8 Å². The topological polar surface area (TPSA) is 111 Å². The largest absolute Gasteiger partial charge is 0.338 e. The van der Waals surface area contributed by atoms with Gasteiger partial charge in [-0.15, -0.1) is 0 Å². The Hall–Kier alpha value is -2.26. The summed E-state index contributed by atoms with van der Waals surface area (Å²) >= 11 is 0. The van der Waals surface area contributed by atoms with Gasteiger partial charge in [0.2, 0.25) is 10.0 Å². The van der Waals surface area contributed by atoms with Crippen molar-refractivity contribution in [2.45, 2.75) is 13.3 Å². The molecule has 0 radical (unpaired) electrons. The quantitative estimate of drug-likeness (QED) is 0.855. The average Bonchev–Trinajstić information content (AvgIpc) is 3.13. The number of primary sulfonamides is 1. The van der Waals surface area contributed by atoms with E-state index in [1.165, 1.54) is 6.20 Å². The molecule has 2 aromatic rings. The van der Waals surface area contributed by atoms with Crippen LogP contribution in [0.3, 0.4) is 0 Å². The molecule has 2 N–H and O–H groups in total. The number of aromatic nitrogens is 3. The number of nitrogens with two attached hydrogens (primary N) is 1. The molecule has 9 heteroatoms. The van der Waals surface area contributed by atoms with Gasteiger partial charge in [0.1, 0.15) is 0 Å². The van der Waals surface area contributed by atoms with E-state index in [1.807, 2.05) is 25.1 Å². The molecular weight excluding hydrogens is 330 g/mol. The molecule has 3 heterocycles. The highest BCUT2D eigenvalue weighted by atomic mass is 32.2. The van der Waals surface area contributed by atoms with Gasteiger partial charge in [-0.2, -0.15) is 5.10 Å². The molecule has 1 aliphatic heterocycles. The second-order valence-electron chi connectivity index (χ2n) is 5.98. The Kier molecular flexibility index (Phi) is 4.37. The molecule has 0 aromatic carbocycles. The van der Waals surface area contributed by atoms with E-state index in [-0.39, 0.29) is 17.6 Å². The summed E-state index contributed by atoms with van der Waals surface area (Å²) in [6, 6.07) is 5.47. The molecule has 0 saturated carbocycles. The SMILES string of the molecule is Cc1c(C(=O)N2CC[C@@H](CS(N)(=O)=O)C2)cnn1-c1ccccn1. The van der Waals surface area contributed by atoms with Crippen molar-refractivity contribution in [3.63, 3.8) is 0 Å². The molecule has 1 atom stereocenters. The summed E-state index contributed by atoms with van der Waals surface area (Å²) in [7, 11) is -3.52. The zero-order valence-corrected chi connectivity index (χ0v) is 14.1. The predicted molar refractivity (Wildman–Crippen MR) is 88.1 cm³/mol. The van der Waals surface area contributed by atoms with Crippen LogP contribution >= 0.6 is 0 Å². The lowest BCUT2D eigenvalue weighted by Gasteiger charge is -2.16. The number of nitrogens with zero attached hydrogens (tertiary/aromatic N) is 4. The second-order valence-corrected chi connectivity index (χ2v) is 7.64. The number of hydrogen-bond donors (Lipinski definition) is 1. The fourth-order valence-corrected chi connectivity index (χ4v) is 3.91. The van der Waals surface area contributed by atoms with Crippen LogP contribution in [0.25, 0.3) is 5.82 Å². The smallest absolute Gasteiger partial charge is 0.257 e. The molecule has 3 rings (SSSR count). The average molecular weight is 349 g/mol. The van der Waals surface area contributed by atoms with E-state index in [9.17, 15) is 13.2 Å². The highest BCUT2D eigenvalue weighted by Gasteiger charge is 2.30. The maximum absolute atomic E-state index is 12.7. The summed E-state index contributed by atoms with van der Waals surface area (Å²) < 4.78 is 24.0. The molecule has 0 bridgehead atoms. The van der Waals surface area contributed by atoms with Crippen LogP contribution in [0.2, 0.25) is 0 Å². The van der Waals surface area contributed by atoms with Crippen molar-refractivity contribution in [2.24, 2.45) is 11.1 Å². The molecule has 0 spiro atoms. The molecule has 2 aromatic heterocycles. The van der Waals surface area contributed by atoms with Gasteiger partial charge in [0.25, 0.3) is 5.91 Å². The molecule has 0 aliphatic carbocycles. The normalized spacial score (nSPS) is 18.1. The van der Waals surface area contributed by atoms with Gasteiger partial charge in [-0.25, -0.2) is 23.2 Å². The third kappa shape index (κ3) is 3.46. The third-order valence-corrected chi connectivity index (χ3v) is 5.08. The van der Waals surface area contributed by atoms with Crippen LogP contribution in [0.4, 0.5) is 0 Å².